The summed E-state index contributed by atoms with van der Waals surface area (Å²) in [5, 5.41) is 0.657. The molecule has 0 N–H and O–H groups in total. The van der Waals surface area contributed by atoms with Gasteiger partial charge < -0.3 is 4.74 Å². The molecule has 1 amide bonds. The van der Waals surface area contributed by atoms with Gasteiger partial charge in [-0.1, -0.05) is 45.1 Å². The summed E-state index contributed by atoms with van der Waals surface area (Å²) in [6.45, 7) is 15.7. The molecule has 1 fully saturated rings. The van der Waals surface area contributed by atoms with Crippen LogP contribution in [0.15, 0.2) is 47.4 Å². The number of hydrogen-bond donors (Lipinski definition) is 0. The maximum Gasteiger partial charge on any atom is 0.260 e. The molecule has 3 aromatic rings. The molecule has 1 aliphatic heterocycles. The number of amides is 1. The zero-order valence-corrected chi connectivity index (χ0v) is 25.9. The molecule has 8 nitrogen and oxygen atoms in total. The van der Waals surface area contributed by atoms with Crippen LogP contribution in [0.25, 0.3) is 10.2 Å². The smallest absolute Gasteiger partial charge is 0.260 e. The number of nitrogens with zero attached hydrogens (tertiary/aromatic N) is 4. The Hall–Kier alpha value is -2.37. The largest absolute Gasteiger partial charge is 0.379 e. The summed E-state index contributed by atoms with van der Waals surface area (Å²) in [5.74, 6) is 0.235. The molecule has 1 aliphatic rings. The Kier molecular flexibility index (Phi) is 10.3. The highest BCUT2D eigenvalue weighted by Crippen LogP contribution is 2.31. The van der Waals surface area contributed by atoms with Gasteiger partial charge in [-0.25, -0.2) is 13.4 Å². The first-order valence-electron chi connectivity index (χ1n) is 14.1. The van der Waals surface area contributed by atoms with Crippen LogP contribution < -0.4 is 4.90 Å². The third-order valence-corrected chi connectivity index (χ3v) is 9.73. The Labute approximate surface area is 243 Å². The number of carbonyl (C=O) groups excluding carboxylic acids is 1. The van der Waals surface area contributed by atoms with Gasteiger partial charge in [-0.2, -0.15) is 4.31 Å². The Balaban J connectivity index is 1.57. The van der Waals surface area contributed by atoms with Crippen LogP contribution in [0.4, 0.5) is 5.13 Å². The Morgan fingerprint density at radius 3 is 2.30 bits per heavy atom. The predicted octanol–water partition coefficient (Wildman–Crippen LogP) is 5.28. The maximum atomic E-state index is 13.9. The minimum Gasteiger partial charge on any atom is -0.379 e. The van der Waals surface area contributed by atoms with Gasteiger partial charge in [0.1, 0.15) is 0 Å². The molecular weight excluding hydrogens is 544 g/mol. The molecule has 0 unspecified atom stereocenters. The van der Waals surface area contributed by atoms with Crippen molar-refractivity contribution in [3.05, 3.63) is 53.6 Å². The van der Waals surface area contributed by atoms with E-state index in [4.69, 9.17) is 9.72 Å². The number of aryl methyl sites for hydroxylation is 1. The van der Waals surface area contributed by atoms with Crippen LogP contribution >= 0.6 is 11.3 Å². The highest BCUT2D eigenvalue weighted by Gasteiger charge is 2.27. The third-order valence-electron chi connectivity index (χ3n) is 6.85. The molecule has 0 bridgehead atoms. The minimum atomic E-state index is -3.67. The van der Waals surface area contributed by atoms with E-state index in [9.17, 15) is 13.2 Å². The fourth-order valence-electron chi connectivity index (χ4n) is 4.86. The number of hydrogen-bond acceptors (Lipinski definition) is 7. The molecule has 40 heavy (non-hydrogen) atoms. The SMILES string of the molecule is Cc1ccc2nc(N(CCCN3CCOCC3)C(=O)c3ccc(S(=O)(=O)N(CC(C)C)CC(C)C)cc3)sc2c1. The lowest BCUT2D eigenvalue weighted by molar-refractivity contribution is 0.0376. The van der Waals surface area contributed by atoms with Crippen molar-refractivity contribution >= 4 is 42.6 Å². The van der Waals surface area contributed by atoms with Crippen LogP contribution in [0, 0.1) is 18.8 Å². The lowest BCUT2D eigenvalue weighted by Gasteiger charge is -2.28. The van der Waals surface area contributed by atoms with Gasteiger partial charge in [0, 0.05) is 44.8 Å². The van der Waals surface area contributed by atoms with E-state index in [2.05, 4.69) is 11.0 Å². The van der Waals surface area contributed by atoms with Crippen molar-refractivity contribution < 1.29 is 17.9 Å². The summed E-state index contributed by atoms with van der Waals surface area (Å²) in [4.78, 5) is 23.0. The summed E-state index contributed by atoms with van der Waals surface area (Å²) < 4.78 is 35.0. The second kappa shape index (κ2) is 13.5. The first-order chi connectivity index (χ1) is 19.0. The summed E-state index contributed by atoms with van der Waals surface area (Å²) in [6, 6.07) is 12.5. The summed E-state index contributed by atoms with van der Waals surface area (Å²) in [5.41, 5.74) is 2.46. The van der Waals surface area contributed by atoms with Crippen LogP contribution in [0.3, 0.4) is 0 Å². The molecule has 0 spiro atoms. The van der Waals surface area contributed by atoms with Crippen molar-refractivity contribution in [1.82, 2.24) is 14.2 Å². The summed E-state index contributed by atoms with van der Waals surface area (Å²) >= 11 is 1.51. The van der Waals surface area contributed by atoms with Crippen molar-refractivity contribution in [3.8, 4) is 0 Å². The first kappa shape index (κ1) is 30.6. The van der Waals surface area contributed by atoms with Gasteiger partial charge in [0.15, 0.2) is 5.13 Å². The molecule has 0 atom stereocenters. The van der Waals surface area contributed by atoms with Crippen LogP contribution in [0.1, 0.15) is 50.0 Å². The zero-order valence-electron chi connectivity index (χ0n) is 24.3. The van der Waals surface area contributed by atoms with E-state index in [-0.39, 0.29) is 22.6 Å². The van der Waals surface area contributed by atoms with Crippen molar-refractivity contribution in [3.63, 3.8) is 0 Å². The van der Waals surface area contributed by atoms with Gasteiger partial charge in [-0.05, 0) is 67.1 Å². The molecule has 4 rings (SSSR count). The third kappa shape index (κ3) is 7.67. The average molecular weight is 587 g/mol. The van der Waals surface area contributed by atoms with E-state index in [1.165, 1.54) is 11.3 Å². The van der Waals surface area contributed by atoms with Gasteiger partial charge in [0.25, 0.3) is 5.91 Å². The molecule has 1 aromatic heterocycles. The number of fused-ring (bicyclic) bond motifs is 1. The first-order valence-corrected chi connectivity index (χ1v) is 16.4. The highest BCUT2D eigenvalue weighted by molar-refractivity contribution is 7.89. The number of sulfonamides is 1. The van der Waals surface area contributed by atoms with Crippen LogP contribution in [-0.2, 0) is 14.8 Å². The molecular formula is C30H42N4O4S2. The van der Waals surface area contributed by atoms with Crippen molar-refractivity contribution in [2.24, 2.45) is 11.8 Å². The summed E-state index contributed by atoms with van der Waals surface area (Å²) in [7, 11) is -3.67. The van der Waals surface area contributed by atoms with E-state index in [1.54, 1.807) is 33.5 Å². The fraction of sp³-hybridized carbons (Fsp3) is 0.533. The van der Waals surface area contributed by atoms with E-state index < -0.39 is 10.0 Å². The number of anilines is 1. The Morgan fingerprint density at radius 2 is 1.68 bits per heavy atom. The molecule has 0 saturated carbocycles. The van der Waals surface area contributed by atoms with E-state index >= 15 is 0 Å². The van der Waals surface area contributed by atoms with Gasteiger partial charge in [-0.15, -0.1) is 0 Å². The van der Waals surface area contributed by atoms with E-state index in [1.807, 2.05) is 46.8 Å². The quantitative estimate of drug-likeness (QED) is 0.287. The van der Waals surface area contributed by atoms with Gasteiger partial charge in [0.05, 0.1) is 28.3 Å². The van der Waals surface area contributed by atoms with E-state index in [0.717, 1.165) is 55.0 Å². The summed E-state index contributed by atoms with van der Waals surface area (Å²) in [6.07, 6.45) is 0.798. The van der Waals surface area contributed by atoms with Crippen LogP contribution in [0.5, 0.6) is 0 Å². The van der Waals surface area contributed by atoms with Gasteiger partial charge in [0.2, 0.25) is 10.0 Å². The predicted molar refractivity (Wildman–Crippen MR) is 163 cm³/mol. The highest BCUT2D eigenvalue weighted by atomic mass is 32.2. The van der Waals surface area contributed by atoms with E-state index in [0.29, 0.717) is 30.3 Å². The zero-order chi connectivity index (χ0) is 28.9. The molecule has 2 aromatic carbocycles. The molecule has 218 valence electrons. The standard InChI is InChI=1S/C30H42N4O4S2/c1-22(2)20-33(21-23(3)4)40(36,37)26-10-8-25(9-11-26)29(35)34(14-6-13-32-15-17-38-18-16-32)30-31-27-12-7-24(5)19-28(27)39-30/h7-12,19,22-23H,6,13-18,20-21H2,1-5H3. The number of carbonyl (C=O) groups is 1. The monoisotopic (exact) mass is 586 g/mol. The normalized spacial score (nSPS) is 15.0. The minimum absolute atomic E-state index is 0.178. The molecule has 10 heteroatoms. The van der Waals surface area contributed by atoms with Gasteiger partial charge >= 0.3 is 0 Å². The fourth-order valence-corrected chi connectivity index (χ4v) is 7.71. The second-order valence-corrected chi connectivity index (χ2v) is 14.3. The number of morpholine rings is 1. The molecule has 0 aliphatic carbocycles. The average Bonchev–Trinajstić information content (AvgIpc) is 3.33. The lowest BCUT2D eigenvalue weighted by atomic mass is 10.2. The maximum absolute atomic E-state index is 13.9. The van der Waals surface area contributed by atoms with Crippen LogP contribution in [-0.4, -0.2) is 81.0 Å². The van der Waals surface area contributed by atoms with Crippen molar-refractivity contribution in [2.75, 3.05) is 57.4 Å². The number of rotatable bonds is 12. The molecule has 1 saturated heterocycles. The van der Waals surface area contributed by atoms with Crippen molar-refractivity contribution in [1.29, 1.82) is 0 Å². The lowest BCUT2D eigenvalue weighted by Crippen LogP contribution is -2.39. The number of benzene rings is 2. The van der Waals surface area contributed by atoms with Crippen molar-refractivity contribution in [2.45, 2.75) is 45.9 Å². The number of aromatic nitrogens is 1. The second-order valence-electron chi connectivity index (χ2n) is 11.4. The Bertz CT molecular complexity index is 1370. The number of thiazole rings is 1. The molecule has 0 radical (unpaired) electrons. The van der Waals surface area contributed by atoms with Gasteiger partial charge in [-0.3, -0.25) is 14.6 Å². The topological polar surface area (TPSA) is 83.0 Å². The Morgan fingerprint density at radius 1 is 1.02 bits per heavy atom. The number of ether oxygens (including phenoxy) is 1. The van der Waals surface area contributed by atoms with Crippen LogP contribution in [0.2, 0.25) is 0 Å². The molecule has 2 heterocycles.